The molecule has 0 heterocycles. The normalized spacial score (nSPS) is 35.4. The predicted molar refractivity (Wildman–Crippen MR) is 132 cm³/mol. The fourth-order valence-electron chi connectivity index (χ4n) is 7.60. The molecule has 6 atom stereocenters. The number of hydrogen-bond donors (Lipinski definition) is 2. The highest BCUT2D eigenvalue weighted by atomic mass is 16.5. The lowest BCUT2D eigenvalue weighted by molar-refractivity contribution is -0.117. The number of aliphatic hydroxyl groups excluding tert-OH is 1. The number of carbonyl (C=O) groups is 1. The molecule has 2 saturated carbocycles. The van der Waals surface area contributed by atoms with E-state index in [4.69, 9.17) is 9.94 Å². The number of hydrogen-bond acceptors (Lipinski definition) is 5. The highest BCUT2D eigenvalue weighted by molar-refractivity contribution is 5.96. The van der Waals surface area contributed by atoms with Crippen molar-refractivity contribution in [2.45, 2.75) is 57.5 Å². The van der Waals surface area contributed by atoms with E-state index >= 15 is 0 Å². The molecule has 0 aliphatic heterocycles. The molecule has 4 aliphatic carbocycles. The third-order valence-corrected chi connectivity index (χ3v) is 9.10. The van der Waals surface area contributed by atoms with Gasteiger partial charge in [-0.05, 0) is 84.1 Å². The number of methoxy groups -OCH3 is 1. The van der Waals surface area contributed by atoms with Crippen LogP contribution in [0.3, 0.4) is 0 Å². The van der Waals surface area contributed by atoms with E-state index in [-0.39, 0.29) is 35.7 Å². The van der Waals surface area contributed by atoms with Crippen LogP contribution in [0, 0.1) is 23.2 Å². The van der Waals surface area contributed by atoms with E-state index in [1.807, 2.05) is 31.4 Å². The molecule has 5 rings (SSSR count). The predicted octanol–water partition coefficient (Wildman–Crippen LogP) is 5.18. The SMILES string of the molecule is CO[C@@H]1CC[C@H]2[C@@H]3CCC4=CC(=O)C(C=CCO)CC4=C3[C@@H](c3ccc(/C=N\O)cc3)C[C@]12C. The van der Waals surface area contributed by atoms with Crippen LogP contribution in [0.1, 0.15) is 62.5 Å². The summed E-state index contributed by atoms with van der Waals surface area (Å²) in [4.78, 5) is 12.8. The summed E-state index contributed by atoms with van der Waals surface area (Å²) in [6, 6.07) is 8.37. The summed E-state index contributed by atoms with van der Waals surface area (Å²) in [6.45, 7) is 2.39. The number of aliphatic hydroxyl groups is 1. The maximum absolute atomic E-state index is 12.8. The Balaban J connectivity index is 1.63. The van der Waals surface area contributed by atoms with Crippen LogP contribution in [0.5, 0.6) is 0 Å². The van der Waals surface area contributed by atoms with Gasteiger partial charge in [0.25, 0.3) is 0 Å². The molecule has 34 heavy (non-hydrogen) atoms. The fourth-order valence-corrected chi connectivity index (χ4v) is 7.60. The number of fused-ring (bicyclic) bond motifs is 4. The second kappa shape index (κ2) is 9.27. The number of oxime groups is 1. The first-order valence-electron chi connectivity index (χ1n) is 12.6. The standard InChI is InChI=1S/C29H35NO4/c1-29-16-24(19-7-5-18(6-8-19)17-30-33)28-22(25(29)11-12-27(29)34-2)10-9-20-15-26(32)21(4-3-13-31)14-23(20)28/h3-8,15,17,21-22,24-25,27,31,33H,9-14,16H2,1-2H3/b4-3?,30-17-/t21?,22-,24+,25-,27+,29-/m0/s1. The monoisotopic (exact) mass is 461 g/mol. The minimum Gasteiger partial charge on any atom is -0.411 e. The maximum atomic E-state index is 12.8. The van der Waals surface area contributed by atoms with Gasteiger partial charge in [0.15, 0.2) is 5.78 Å². The zero-order chi connectivity index (χ0) is 23.9. The highest BCUT2D eigenvalue weighted by Crippen LogP contribution is 2.64. The zero-order valence-electron chi connectivity index (χ0n) is 20.1. The van der Waals surface area contributed by atoms with E-state index in [0.717, 1.165) is 37.7 Å². The van der Waals surface area contributed by atoms with Crippen molar-refractivity contribution in [3.63, 3.8) is 0 Å². The Labute approximate surface area is 201 Å². The van der Waals surface area contributed by atoms with Crippen LogP contribution in [-0.4, -0.2) is 42.1 Å². The third kappa shape index (κ3) is 3.79. The zero-order valence-corrected chi connectivity index (χ0v) is 20.1. The van der Waals surface area contributed by atoms with Crippen LogP contribution in [0.4, 0.5) is 0 Å². The number of ether oxygens (including phenoxy) is 1. The Kier molecular flexibility index (Phi) is 6.34. The van der Waals surface area contributed by atoms with Crippen LogP contribution in [0.2, 0.25) is 0 Å². The van der Waals surface area contributed by atoms with Gasteiger partial charge >= 0.3 is 0 Å². The molecule has 0 radical (unpaired) electrons. The summed E-state index contributed by atoms with van der Waals surface area (Å²) in [5.41, 5.74) is 6.43. The van der Waals surface area contributed by atoms with E-state index < -0.39 is 0 Å². The van der Waals surface area contributed by atoms with Gasteiger partial charge in [0, 0.05) is 18.9 Å². The highest BCUT2D eigenvalue weighted by Gasteiger charge is 2.57. The molecule has 1 aromatic rings. The molecule has 2 fully saturated rings. The molecule has 5 nitrogen and oxygen atoms in total. The lowest BCUT2D eigenvalue weighted by atomic mass is 9.53. The molecule has 1 unspecified atom stereocenters. The first kappa shape index (κ1) is 23.3. The van der Waals surface area contributed by atoms with Crippen molar-refractivity contribution in [1.82, 2.24) is 0 Å². The molecule has 0 amide bonds. The van der Waals surface area contributed by atoms with E-state index in [9.17, 15) is 9.90 Å². The second-order valence-corrected chi connectivity index (χ2v) is 10.7. The molecule has 0 saturated heterocycles. The van der Waals surface area contributed by atoms with Gasteiger partial charge in [-0.2, -0.15) is 0 Å². The van der Waals surface area contributed by atoms with Gasteiger partial charge < -0.3 is 15.1 Å². The lowest BCUT2D eigenvalue weighted by Gasteiger charge is -2.52. The van der Waals surface area contributed by atoms with Gasteiger partial charge in [0.2, 0.25) is 0 Å². The van der Waals surface area contributed by atoms with Crippen molar-refractivity contribution in [2.75, 3.05) is 13.7 Å². The van der Waals surface area contributed by atoms with Crippen molar-refractivity contribution in [3.8, 4) is 0 Å². The average Bonchev–Trinajstić information content (AvgIpc) is 3.18. The molecular formula is C29H35NO4. The van der Waals surface area contributed by atoms with E-state index in [1.54, 1.807) is 6.08 Å². The van der Waals surface area contributed by atoms with Crippen molar-refractivity contribution < 1.29 is 19.8 Å². The Morgan fingerprint density at radius 3 is 2.71 bits per heavy atom. The summed E-state index contributed by atoms with van der Waals surface area (Å²) >= 11 is 0. The summed E-state index contributed by atoms with van der Waals surface area (Å²) in [5.74, 6) is 1.35. The Hall–Kier alpha value is -2.50. The van der Waals surface area contributed by atoms with Crippen molar-refractivity contribution in [2.24, 2.45) is 28.3 Å². The molecular weight excluding hydrogens is 426 g/mol. The quantitative estimate of drug-likeness (QED) is 0.274. The summed E-state index contributed by atoms with van der Waals surface area (Å²) < 4.78 is 6.03. The van der Waals surface area contributed by atoms with Gasteiger partial charge in [0.1, 0.15) is 0 Å². The summed E-state index contributed by atoms with van der Waals surface area (Å²) in [6.07, 6.45) is 13.3. The number of carbonyl (C=O) groups excluding carboxylic acids is 1. The van der Waals surface area contributed by atoms with Crippen LogP contribution in [0.25, 0.3) is 0 Å². The number of benzene rings is 1. The van der Waals surface area contributed by atoms with Crippen molar-refractivity contribution in [1.29, 1.82) is 0 Å². The minimum absolute atomic E-state index is 0.0418. The Bertz CT molecular complexity index is 1070. The average molecular weight is 462 g/mol. The first-order valence-corrected chi connectivity index (χ1v) is 12.6. The first-order chi connectivity index (χ1) is 16.5. The van der Waals surface area contributed by atoms with Crippen LogP contribution in [-0.2, 0) is 9.53 Å². The minimum atomic E-state index is -0.190. The van der Waals surface area contributed by atoms with Gasteiger partial charge in [0.05, 0.1) is 18.9 Å². The second-order valence-electron chi connectivity index (χ2n) is 10.7. The summed E-state index contributed by atoms with van der Waals surface area (Å²) in [7, 11) is 1.86. The smallest absolute Gasteiger partial charge is 0.163 e. The topological polar surface area (TPSA) is 79.1 Å². The number of rotatable bonds is 5. The van der Waals surface area contributed by atoms with E-state index in [2.05, 4.69) is 24.2 Å². The van der Waals surface area contributed by atoms with Gasteiger partial charge in [-0.3, -0.25) is 4.79 Å². The number of nitrogens with zero attached hydrogens (tertiary/aromatic N) is 1. The van der Waals surface area contributed by atoms with Crippen LogP contribution >= 0.6 is 0 Å². The number of ketones is 1. The van der Waals surface area contributed by atoms with E-state index in [1.165, 1.54) is 34.9 Å². The third-order valence-electron chi connectivity index (χ3n) is 9.10. The molecule has 180 valence electrons. The van der Waals surface area contributed by atoms with Gasteiger partial charge in [-0.15, -0.1) is 0 Å². The molecule has 5 heteroatoms. The van der Waals surface area contributed by atoms with Gasteiger partial charge in [-0.25, -0.2) is 0 Å². The Morgan fingerprint density at radius 1 is 1.21 bits per heavy atom. The molecule has 0 aromatic heterocycles. The fraction of sp³-hybridized carbons (Fsp3) is 0.517. The van der Waals surface area contributed by atoms with E-state index in [0.29, 0.717) is 11.8 Å². The van der Waals surface area contributed by atoms with Gasteiger partial charge in [-0.1, -0.05) is 54.1 Å². The largest absolute Gasteiger partial charge is 0.411 e. The molecule has 2 N–H and O–H groups in total. The lowest BCUT2D eigenvalue weighted by Crippen LogP contribution is -2.45. The molecule has 1 aromatic carbocycles. The summed E-state index contributed by atoms with van der Waals surface area (Å²) in [5, 5.41) is 21.4. The van der Waals surface area contributed by atoms with Crippen LogP contribution in [0.15, 0.2) is 64.4 Å². The maximum Gasteiger partial charge on any atom is 0.163 e. The molecule has 4 aliphatic rings. The number of allylic oxidation sites excluding steroid dienone is 5. The molecule has 0 bridgehead atoms. The van der Waals surface area contributed by atoms with Crippen molar-refractivity contribution >= 4 is 12.0 Å². The van der Waals surface area contributed by atoms with Crippen molar-refractivity contribution in [3.05, 3.63) is 70.3 Å². The van der Waals surface area contributed by atoms with Crippen LogP contribution < -0.4 is 0 Å². The Morgan fingerprint density at radius 2 is 2.00 bits per heavy atom. The molecule has 0 spiro atoms.